The third-order valence-corrected chi connectivity index (χ3v) is 5.86. The van der Waals surface area contributed by atoms with Gasteiger partial charge in [0.25, 0.3) is 0 Å². The van der Waals surface area contributed by atoms with Gasteiger partial charge in [0.2, 0.25) is 10.0 Å². The van der Waals surface area contributed by atoms with Gasteiger partial charge in [-0.15, -0.1) is 11.3 Å². The van der Waals surface area contributed by atoms with Crippen molar-refractivity contribution >= 4 is 21.4 Å². The van der Waals surface area contributed by atoms with E-state index in [2.05, 4.69) is 14.9 Å². The molecule has 0 bridgehead atoms. The van der Waals surface area contributed by atoms with Crippen molar-refractivity contribution < 1.29 is 12.9 Å². The van der Waals surface area contributed by atoms with E-state index in [1.165, 1.54) is 0 Å². The molecule has 3 rings (SSSR count). The number of rotatable bonds is 5. The van der Waals surface area contributed by atoms with E-state index in [1.807, 2.05) is 23.6 Å². The first-order valence-corrected chi connectivity index (χ1v) is 9.25. The molecule has 120 valence electrons. The van der Waals surface area contributed by atoms with Crippen LogP contribution in [-0.2, 0) is 16.6 Å². The van der Waals surface area contributed by atoms with Crippen LogP contribution in [0.5, 0.6) is 0 Å². The third kappa shape index (κ3) is 3.19. The highest BCUT2D eigenvalue weighted by atomic mass is 32.2. The van der Waals surface area contributed by atoms with Crippen molar-refractivity contribution in [2.45, 2.75) is 25.3 Å². The summed E-state index contributed by atoms with van der Waals surface area (Å²) in [6, 6.07) is 7.54. The Kier molecular flexibility index (Phi) is 4.29. The minimum atomic E-state index is -3.69. The van der Waals surface area contributed by atoms with Gasteiger partial charge < -0.3 is 4.52 Å². The maximum absolute atomic E-state index is 12.5. The van der Waals surface area contributed by atoms with Crippen LogP contribution >= 0.6 is 11.3 Å². The fourth-order valence-electron chi connectivity index (χ4n) is 2.32. The minimum Gasteiger partial charge on any atom is -0.360 e. The van der Waals surface area contributed by atoms with Gasteiger partial charge in [0.1, 0.15) is 10.6 Å². The zero-order valence-electron chi connectivity index (χ0n) is 12.6. The van der Waals surface area contributed by atoms with Crippen molar-refractivity contribution in [2.75, 3.05) is 0 Å². The van der Waals surface area contributed by atoms with E-state index < -0.39 is 10.0 Å². The first-order valence-electron chi connectivity index (χ1n) is 6.89. The fraction of sp³-hybridized carbons (Fsp3) is 0.200. The molecule has 3 heterocycles. The van der Waals surface area contributed by atoms with Gasteiger partial charge in [-0.3, -0.25) is 4.98 Å². The molecule has 0 radical (unpaired) electrons. The van der Waals surface area contributed by atoms with E-state index >= 15 is 0 Å². The van der Waals surface area contributed by atoms with Gasteiger partial charge in [0.15, 0.2) is 5.76 Å². The van der Waals surface area contributed by atoms with Gasteiger partial charge in [-0.2, -0.15) is 0 Å². The Hall–Kier alpha value is -2.03. The summed E-state index contributed by atoms with van der Waals surface area (Å²) in [6.07, 6.45) is 1.70. The summed E-state index contributed by atoms with van der Waals surface area (Å²) in [6.45, 7) is 3.33. The molecule has 3 aromatic heterocycles. The lowest BCUT2D eigenvalue weighted by molar-refractivity contribution is 0.390. The van der Waals surface area contributed by atoms with Crippen LogP contribution in [0.3, 0.4) is 0 Å². The lowest BCUT2D eigenvalue weighted by Crippen LogP contribution is -2.24. The van der Waals surface area contributed by atoms with Crippen LogP contribution < -0.4 is 4.72 Å². The monoisotopic (exact) mass is 349 g/mol. The van der Waals surface area contributed by atoms with E-state index in [0.717, 1.165) is 16.1 Å². The van der Waals surface area contributed by atoms with Gasteiger partial charge in [-0.1, -0.05) is 17.3 Å². The van der Waals surface area contributed by atoms with E-state index in [9.17, 15) is 8.42 Å². The highest BCUT2D eigenvalue weighted by Crippen LogP contribution is 2.26. The maximum atomic E-state index is 12.5. The Morgan fingerprint density at radius 2 is 2.09 bits per heavy atom. The number of nitrogens with zero attached hydrogens (tertiary/aromatic N) is 2. The number of thiophene rings is 1. The molecule has 23 heavy (non-hydrogen) atoms. The summed E-state index contributed by atoms with van der Waals surface area (Å²) >= 11 is 1.56. The topological polar surface area (TPSA) is 85.1 Å². The van der Waals surface area contributed by atoms with Crippen molar-refractivity contribution in [3.63, 3.8) is 0 Å². The quantitative estimate of drug-likeness (QED) is 0.765. The molecule has 0 atom stereocenters. The van der Waals surface area contributed by atoms with Gasteiger partial charge >= 0.3 is 0 Å². The van der Waals surface area contributed by atoms with Crippen molar-refractivity contribution in [3.8, 4) is 10.6 Å². The van der Waals surface area contributed by atoms with Crippen LogP contribution in [0.25, 0.3) is 10.6 Å². The SMILES string of the molecule is Cc1noc(C)c1S(=O)(=O)NCc1cccnc1-c1cccs1. The average molecular weight is 349 g/mol. The Bertz CT molecular complexity index is 896. The van der Waals surface area contributed by atoms with E-state index in [0.29, 0.717) is 5.69 Å². The Morgan fingerprint density at radius 1 is 1.26 bits per heavy atom. The summed E-state index contributed by atoms with van der Waals surface area (Å²) in [5.41, 5.74) is 1.94. The van der Waals surface area contributed by atoms with Crippen molar-refractivity contribution in [3.05, 3.63) is 52.9 Å². The number of hydrogen-bond donors (Lipinski definition) is 1. The molecule has 0 aliphatic rings. The molecule has 0 amide bonds. The van der Waals surface area contributed by atoms with E-state index in [1.54, 1.807) is 37.4 Å². The molecule has 0 aliphatic heterocycles. The van der Waals surface area contributed by atoms with Crippen molar-refractivity contribution in [2.24, 2.45) is 0 Å². The second kappa shape index (κ2) is 6.23. The molecule has 0 aliphatic carbocycles. The zero-order valence-corrected chi connectivity index (χ0v) is 14.2. The van der Waals surface area contributed by atoms with Crippen LogP contribution in [0.4, 0.5) is 0 Å². The van der Waals surface area contributed by atoms with Crippen LogP contribution in [-0.4, -0.2) is 18.6 Å². The highest BCUT2D eigenvalue weighted by molar-refractivity contribution is 7.89. The van der Waals surface area contributed by atoms with Gasteiger partial charge in [-0.05, 0) is 36.9 Å². The number of sulfonamides is 1. The minimum absolute atomic E-state index is 0.0964. The largest absolute Gasteiger partial charge is 0.360 e. The summed E-state index contributed by atoms with van der Waals surface area (Å²) in [4.78, 5) is 5.46. The molecule has 6 nitrogen and oxygen atoms in total. The number of aryl methyl sites for hydroxylation is 2. The van der Waals surface area contributed by atoms with Crippen molar-refractivity contribution in [1.29, 1.82) is 0 Å². The van der Waals surface area contributed by atoms with E-state index in [-0.39, 0.29) is 17.2 Å². The van der Waals surface area contributed by atoms with E-state index in [4.69, 9.17) is 4.52 Å². The summed E-state index contributed by atoms with van der Waals surface area (Å²) in [5, 5.41) is 5.65. The molecule has 8 heteroatoms. The lowest BCUT2D eigenvalue weighted by Gasteiger charge is -2.09. The zero-order chi connectivity index (χ0) is 16.4. The molecule has 0 fully saturated rings. The van der Waals surface area contributed by atoms with Gasteiger partial charge in [-0.25, -0.2) is 13.1 Å². The Labute approximate surface area is 138 Å². The second-order valence-corrected chi connectivity index (χ2v) is 7.62. The smallest absolute Gasteiger partial charge is 0.246 e. The second-order valence-electron chi connectivity index (χ2n) is 4.97. The molecule has 0 unspecified atom stereocenters. The lowest BCUT2D eigenvalue weighted by atomic mass is 10.2. The molecule has 1 N–H and O–H groups in total. The first kappa shape index (κ1) is 15.9. The Morgan fingerprint density at radius 3 is 2.74 bits per heavy atom. The summed E-state index contributed by atoms with van der Waals surface area (Å²) in [5.74, 6) is 0.277. The fourth-order valence-corrected chi connectivity index (χ4v) is 4.41. The summed E-state index contributed by atoms with van der Waals surface area (Å²) < 4.78 is 32.5. The van der Waals surface area contributed by atoms with Crippen LogP contribution in [0, 0.1) is 13.8 Å². The average Bonchev–Trinajstić information content (AvgIpc) is 3.16. The molecule has 0 saturated carbocycles. The first-order chi connectivity index (χ1) is 11.0. The number of hydrogen-bond acceptors (Lipinski definition) is 6. The third-order valence-electron chi connectivity index (χ3n) is 3.34. The molecule has 0 aromatic carbocycles. The number of pyridine rings is 1. The number of aromatic nitrogens is 2. The molecular formula is C15H15N3O3S2. The highest BCUT2D eigenvalue weighted by Gasteiger charge is 2.24. The van der Waals surface area contributed by atoms with Gasteiger partial charge in [0.05, 0.1) is 10.6 Å². The summed E-state index contributed by atoms with van der Waals surface area (Å²) in [7, 11) is -3.69. The van der Waals surface area contributed by atoms with Crippen LogP contribution in [0.1, 0.15) is 17.0 Å². The predicted molar refractivity (Wildman–Crippen MR) is 87.6 cm³/mol. The maximum Gasteiger partial charge on any atom is 0.246 e. The predicted octanol–water partition coefficient (Wildman–Crippen LogP) is 2.89. The Balaban J connectivity index is 1.87. The molecular weight excluding hydrogens is 334 g/mol. The van der Waals surface area contributed by atoms with Crippen LogP contribution in [0.15, 0.2) is 45.3 Å². The molecule has 0 saturated heterocycles. The van der Waals surface area contributed by atoms with Gasteiger partial charge in [0, 0.05) is 12.7 Å². The van der Waals surface area contributed by atoms with Crippen LogP contribution in [0.2, 0.25) is 0 Å². The standard InChI is InChI=1S/C15H15N3O3S2/c1-10-15(11(2)21-18-10)23(19,20)17-9-12-5-3-7-16-14(12)13-6-4-8-22-13/h3-8,17H,9H2,1-2H3. The number of nitrogens with one attached hydrogen (secondary N) is 1. The van der Waals surface area contributed by atoms with Crippen molar-refractivity contribution in [1.82, 2.24) is 14.9 Å². The normalized spacial score (nSPS) is 11.7. The molecule has 3 aromatic rings. The molecule has 0 spiro atoms.